The smallest absolute Gasteiger partial charge is 0.265 e. The fourth-order valence-corrected chi connectivity index (χ4v) is 4.27. The van der Waals surface area contributed by atoms with Gasteiger partial charge in [-0.25, -0.2) is 4.98 Å². The van der Waals surface area contributed by atoms with Gasteiger partial charge in [-0.1, -0.05) is 61.0 Å². The number of benzene rings is 2. The Bertz CT molecular complexity index is 1240. The fraction of sp³-hybridized carbons (Fsp3) is 0.320. The molecule has 0 bridgehead atoms. The van der Waals surface area contributed by atoms with Crippen molar-refractivity contribution in [2.75, 3.05) is 20.1 Å². The molecule has 172 valence electrons. The number of nitrogens with one attached hydrogen (secondary N) is 2. The minimum Gasteiger partial charge on any atom is -0.318 e. The molecule has 0 aliphatic carbocycles. The molecule has 0 radical (unpaired) electrons. The average molecular weight is 465 g/mol. The number of nitrogens with zero attached hydrogens (tertiary/aromatic N) is 4. The third-order valence-corrected chi connectivity index (χ3v) is 6.11. The first-order valence-electron chi connectivity index (χ1n) is 11.2. The largest absolute Gasteiger partial charge is 0.318 e. The summed E-state index contributed by atoms with van der Waals surface area (Å²) in [6.07, 6.45) is 2.36. The molecule has 4 aromatic rings. The normalized spacial score (nSPS) is 12.5. The highest BCUT2D eigenvalue weighted by Gasteiger charge is 2.25. The first-order chi connectivity index (χ1) is 16.1. The lowest BCUT2D eigenvalue weighted by atomic mass is 10.1. The standard InChI is InChI=1S/C25H29ClN6O/c1-3-22(31(14-13-27-2)16-19-9-11-20(26)12-10-19)24-29-23-21(15-28-30-23)25(33)32(24)17-18-7-5-4-6-8-18/h4-12,15,22,27H,3,13-14,16-17H2,1-2H3,(H,28,30). The number of likely N-dealkylation sites (N-methyl/N-ethyl adjacent to an activating group) is 1. The van der Waals surface area contributed by atoms with Crippen LogP contribution in [-0.2, 0) is 13.1 Å². The Hall–Kier alpha value is -3.00. The van der Waals surface area contributed by atoms with Gasteiger partial charge in [-0.15, -0.1) is 0 Å². The summed E-state index contributed by atoms with van der Waals surface area (Å²) in [6.45, 7) is 4.94. The van der Waals surface area contributed by atoms with Crippen LogP contribution in [0, 0.1) is 0 Å². The highest BCUT2D eigenvalue weighted by atomic mass is 35.5. The average Bonchev–Trinajstić information content (AvgIpc) is 3.31. The van der Waals surface area contributed by atoms with Gasteiger partial charge in [-0.2, -0.15) is 5.10 Å². The Kier molecular flexibility index (Phi) is 7.54. The molecule has 2 aromatic carbocycles. The van der Waals surface area contributed by atoms with Gasteiger partial charge in [0.05, 0.1) is 18.8 Å². The quantitative estimate of drug-likeness (QED) is 0.371. The van der Waals surface area contributed by atoms with Crippen LogP contribution in [0.3, 0.4) is 0 Å². The van der Waals surface area contributed by atoms with Crippen LogP contribution >= 0.6 is 11.6 Å². The summed E-state index contributed by atoms with van der Waals surface area (Å²) in [7, 11) is 1.95. The van der Waals surface area contributed by atoms with Crippen molar-refractivity contribution in [1.82, 2.24) is 30.0 Å². The summed E-state index contributed by atoms with van der Waals surface area (Å²) in [4.78, 5) is 20.8. The van der Waals surface area contributed by atoms with E-state index < -0.39 is 0 Å². The number of fused-ring (bicyclic) bond motifs is 1. The Labute approximate surface area is 198 Å². The van der Waals surface area contributed by atoms with Crippen LogP contribution in [0.4, 0.5) is 0 Å². The zero-order valence-electron chi connectivity index (χ0n) is 19.0. The number of hydrogen-bond acceptors (Lipinski definition) is 5. The zero-order valence-corrected chi connectivity index (χ0v) is 19.7. The molecule has 0 aliphatic rings. The Balaban J connectivity index is 1.78. The predicted molar refractivity (Wildman–Crippen MR) is 133 cm³/mol. The molecule has 2 heterocycles. The predicted octanol–water partition coefficient (Wildman–Crippen LogP) is 3.99. The zero-order chi connectivity index (χ0) is 23.2. The van der Waals surface area contributed by atoms with E-state index in [1.807, 2.05) is 61.6 Å². The Morgan fingerprint density at radius 3 is 2.58 bits per heavy atom. The number of aromatic nitrogens is 4. The van der Waals surface area contributed by atoms with Gasteiger partial charge in [0, 0.05) is 24.7 Å². The van der Waals surface area contributed by atoms with Crippen molar-refractivity contribution in [3.05, 3.63) is 93.1 Å². The molecule has 0 aliphatic heterocycles. The van der Waals surface area contributed by atoms with Crippen LogP contribution < -0.4 is 10.9 Å². The van der Waals surface area contributed by atoms with Gasteiger partial charge in [-0.3, -0.25) is 19.4 Å². The van der Waals surface area contributed by atoms with Crippen molar-refractivity contribution in [3.63, 3.8) is 0 Å². The number of rotatable bonds is 10. The van der Waals surface area contributed by atoms with Crippen LogP contribution in [0.5, 0.6) is 0 Å². The lowest BCUT2D eigenvalue weighted by Gasteiger charge is -2.32. The Morgan fingerprint density at radius 1 is 1.12 bits per heavy atom. The number of halogens is 1. The van der Waals surface area contributed by atoms with Gasteiger partial charge in [0.1, 0.15) is 11.2 Å². The molecular weight excluding hydrogens is 436 g/mol. The first-order valence-corrected chi connectivity index (χ1v) is 11.6. The monoisotopic (exact) mass is 464 g/mol. The summed E-state index contributed by atoms with van der Waals surface area (Å²) >= 11 is 6.10. The highest BCUT2D eigenvalue weighted by molar-refractivity contribution is 6.30. The fourth-order valence-electron chi connectivity index (χ4n) is 4.15. The first kappa shape index (κ1) is 23.2. The van der Waals surface area contributed by atoms with Gasteiger partial charge >= 0.3 is 0 Å². The SMILES string of the molecule is CCC(c1nc2[nH]ncc2c(=O)n1Cc1ccccc1)N(CCNC)Cc1ccc(Cl)cc1. The van der Waals surface area contributed by atoms with Gasteiger partial charge in [0.15, 0.2) is 5.65 Å². The van der Waals surface area contributed by atoms with Gasteiger partial charge in [0.2, 0.25) is 0 Å². The second kappa shape index (κ2) is 10.7. The molecule has 7 nitrogen and oxygen atoms in total. The molecule has 0 amide bonds. The van der Waals surface area contributed by atoms with E-state index >= 15 is 0 Å². The molecule has 1 atom stereocenters. The highest BCUT2D eigenvalue weighted by Crippen LogP contribution is 2.26. The maximum atomic E-state index is 13.5. The molecular formula is C25H29ClN6O. The van der Waals surface area contributed by atoms with Crippen LogP contribution in [0.1, 0.15) is 36.3 Å². The molecule has 0 saturated heterocycles. The second-order valence-corrected chi connectivity index (χ2v) is 8.54. The summed E-state index contributed by atoms with van der Waals surface area (Å²) < 4.78 is 1.80. The van der Waals surface area contributed by atoms with E-state index in [0.29, 0.717) is 17.6 Å². The van der Waals surface area contributed by atoms with Crippen molar-refractivity contribution in [3.8, 4) is 0 Å². The molecule has 0 fully saturated rings. The van der Waals surface area contributed by atoms with E-state index in [9.17, 15) is 4.79 Å². The van der Waals surface area contributed by atoms with Gasteiger partial charge in [-0.05, 0) is 36.7 Å². The van der Waals surface area contributed by atoms with Crippen molar-refractivity contribution >= 4 is 22.6 Å². The third-order valence-electron chi connectivity index (χ3n) is 5.85. The molecule has 4 rings (SSSR count). The van der Waals surface area contributed by atoms with Crippen LogP contribution in [0.2, 0.25) is 5.02 Å². The molecule has 0 spiro atoms. The van der Waals surface area contributed by atoms with Crippen LogP contribution in [0.15, 0.2) is 65.6 Å². The lowest BCUT2D eigenvalue weighted by Crippen LogP contribution is -2.38. The van der Waals surface area contributed by atoms with Crippen molar-refractivity contribution in [2.45, 2.75) is 32.5 Å². The summed E-state index contributed by atoms with van der Waals surface area (Å²) in [5.74, 6) is 0.744. The van der Waals surface area contributed by atoms with Crippen molar-refractivity contribution in [1.29, 1.82) is 0 Å². The topological polar surface area (TPSA) is 78.8 Å². The van der Waals surface area contributed by atoms with E-state index in [-0.39, 0.29) is 11.6 Å². The van der Waals surface area contributed by atoms with Gasteiger partial charge in [0.25, 0.3) is 5.56 Å². The van der Waals surface area contributed by atoms with E-state index in [1.54, 1.807) is 10.8 Å². The van der Waals surface area contributed by atoms with Crippen molar-refractivity contribution < 1.29 is 0 Å². The number of hydrogen-bond donors (Lipinski definition) is 2. The van der Waals surface area contributed by atoms with E-state index in [0.717, 1.165) is 48.0 Å². The van der Waals surface area contributed by atoms with Crippen LogP contribution in [0.25, 0.3) is 11.0 Å². The lowest BCUT2D eigenvalue weighted by molar-refractivity contribution is 0.172. The van der Waals surface area contributed by atoms with Crippen LogP contribution in [-0.4, -0.2) is 44.8 Å². The summed E-state index contributed by atoms with van der Waals surface area (Å²) in [6, 6.07) is 17.9. The van der Waals surface area contributed by atoms with E-state index in [4.69, 9.17) is 16.6 Å². The minimum absolute atomic E-state index is 0.0573. The number of H-pyrrole nitrogens is 1. The van der Waals surface area contributed by atoms with Crippen molar-refractivity contribution in [2.24, 2.45) is 0 Å². The van der Waals surface area contributed by atoms with E-state index in [1.165, 1.54) is 0 Å². The summed E-state index contributed by atoms with van der Waals surface area (Å²) in [5.41, 5.74) is 2.66. The molecule has 2 N–H and O–H groups in total. The van der Waals surface area contributed by atoms with Gasteiger partial charge < -0.3 is 5.32 Å². The maximum absolute atomic E-state index is 13.5. The molecule has 0 saturated carbocycles. The minimum atomic E-state index is -0.0777. The summed E-state index contributed by atoms with van der Waals surface area (Å²) in [5, 5.41) is 11.4. The molecule has 1 unspecified atom stereocenters. The third kappa shape index (κ3) is 5.33. The number of aromatic amines is 1. The van der Waals surface area contributed by atoms with E-state index in [2.05, 4.69) is 27.3 Å². The molecule has 2 aromatic heterocycles. The maximum Gasteiger partial charge on any atom is 0.265 e. The molecule has 33 heavy (non-hydrogen) atoms. The second-order valence-electron chi connectivity index (χ2n) is 8.10. The molecule has 8 heteroatoms. The Morgan fingerprint density at radius 2 is 1.88 bits per heavy atom.